The van der Waals surface area contributed by atoms with E-state index in [1.54, 1.807) is 52.1 Å². The molecule has 0 bridgehead atoms. The Kier molecular flexibility index (Phi) is 10.0. The number of benzene rings is 1. The fourth-order valence-electron chi connectivity index (χ4n) is 4.06. The Morgan fingerprint density at radius 1 is 1.03 bits per heavy atom. The summed E-state index contributed by atoms with van der Waals surface area (Å²) in [5, 5.41) is 8.23. The van der Waals surface area contributed by atoms with E-state index >= 15 is 0 Å². The van der Waals surface area contributed by atoms with Crippen LogP contribution >= 0.6 is 0 Å². The maximum absolute atomic E-state index is 13.3. The Morgan fingerprint density at radius 3 is 2.22 bits per heavy atom. The average Bonchev–Trinajstić information content (AvgIpc) is 3.65. The minimum atomic E-state index is -0.964. The first-order valence-electron chi connectivity index (χ1n) is 12.7. The molecule has 2 heterocycles. The Bertz CT molecular complexity index is 958. The molecule has 11 heteroatoms. The Balaban J connectivity index is 1.65. The molecule has 3 amide bonds. The highest BCUT2D eigenvalue weighted by Crippen LogP contribution is 2.28. The van der Waals surface area contributed by atoms with E-state index in [2.05, 4.69) is 16.0 Å². The van der Waals surface area contributed by atoms with Crippen molar-refractivity contribution in [1.82, 2.24) is 20.9 Å². The van der Waals surface area contributed by atoms with Crippen LogP contribution in [0.4, 0.5) is 0 Å². The van der Waals surface area contributed by atoms with Crippen molar-refractivity contribution < 1.29 is 33.4 Å². The molecule has 1 aromatic rings. The van der Waals surface area contributed by atoms with Crippen LogP contribution in [0.2, 0.25) is 0 Å². The lowest BCUT2D eigenvalue weighted by Gasteiger charge is -2.27. The largest absolute Gasteiger partial charge is 0.497 e. The summed E-state index contributed by atoms with van der Waals surface area (Å²) in [6.07, 6.45) is 0.579. The zero-order valence-electron chi connectivity index (χ0n) is 22.0. The quantitative estimate of drug-likeness (QED) is 0.306. The molecule has 0 aliphatic carbocycles. The first-order valence-corrected chi connectivity index (χ1v) is 12.7. The summed E-state index contributed by atoms with van der Waals surface area (Å²) in [5.41, 5.74) is -0.0794. The molecule has 0 saturated carbocycles. The van der Waals surface area contributed by atoms with Crippen LogP contribution in [0.1, 0.15) is 32.8 Å². The topological polar surface area (TPSA) is 139 Å². The minimum absolute atomic E-state index is 0.165. The van der Waals surface area contributed by atoms with Gasteiger partial charge in [0.05, 0.1) is 39.5 Å². The number of Topliss-reactive ketones (excluding diaryl/α,β-unsaturated/α-hetero) is 1. The lowest BCUT2D eigenvalue weighted by Crippen LogP contribution is -2.57. The van der Waals surface area contributed by atoms with Crippen LogP contribution < -0.4 is 20.7 Å². The van der Waals surface area contributed by atoms with Gasteiger partial charge in [-0.25, -0.2) is 0 Å². The lowest BCUT2D eigenvalue weighted by atomic mass is 9.97. The van der Waals surface area contributed by atoms with Crippen molar-refractivity contribution in [3.05, 3.63) is 29.8 Å². The fourth-order valence-corrected chi connectivity index (χ4v) is 4.06. The van der Waals surface area contributed by atoms with Gasteiger partial charge >= 0.3 is 0 Å². The van der Waals surface area contributed by atoms with Gasteiger partial charge in [-0.2, -0.15) is 0 Å². The van der Waals surface area contributed by atoms with Gasteiger partial charge < -0.3 is 30.2 Å². The number of carbonyl (C=O) groups is 4. The average molecular weight is 519 g/mol. The van der Waals surface area contributed by atoms with Crippen molar-refractivity contribution >= 4 is 23.5 Å². The van der Waals surface area contributed by atoms with Crippen molar-refractivity contribution in [3.63, 3.8) is 0 Å². The second-order valence-electron chi connectivity index (χ2n) is 9.64. The fraction of sp³-hybridized carbons (Fsp3) is 0.615. The molecule has 1 aromatic carbocycles. The smallest absolute Gasteiger partial charge is 0.243 e. The molecule has 204 valence electrons. The third-order valence-corrected chi connectivity index (χ3v) is 6.61. The molecule has 11 nitrogen and oxygen atoms in total. The van der Waals surface area contributed by atoms with E-state index in [4.69, 9.17) is 14.2 Å². The number of nitrogens with one attached hydrogen (secondary N) is 3. The van der Waals surface area contributed by atoms with E-state index in [1.807, 2.05) is 4.90 Å². The van der Waals surface area contributed by atoms with Gasteiger partial charge in [0, 0.05) is 19.5 Å². The second kappa shape index (κ2) is 13.0. The number of epoxide rings is 1. The van der Waals surface area contributed by atoms with Gasteiger partial charge in [-0.15, -0.1) is 0 Å². The van der Waals surface area contributed by atoms with Gasteiger partial charge in [-0.05, 0) is 38.0 Å². The normalized spacial score (nSPS) is 21.7. The van der Waals surface area contributed by atoms with Crippen LogP contribution in [0, 0.1) is 0 Å². The van der Waals surface area contributed by atoms with Crippen LogP contribution in [-0.4, -0.2) is 98.7 Å². The maximum Gasteiger partial charge on any atom is 0.243 e. The SMILES string of the molecule is CC[C@H](NC(=O)[C@H](Cc1ccc(OC)cc1)NC(=O)[C@H](C)NC(=O)CN1CCOCC1)C(=O)[C@@]1(C)CO1. The zero-order valence-corrected chi connectivity index (χ0v) is 22.0. The molecule has 2 aliphatic rings. The van der Waals surface area contributed by atoms with Crippen LogP contribution in [0.25, 0.3) is 0 Å². The molecule has 0 aromatic heterocycles. The molecule has 0 radical (unpaired) electrons. The predicted molar refractivity (Wildman–Crippen MR) is 135 cm³/mol. The summed E-state index contributed by atoms with van der Waals surface area (Å²) in [7, 11) is 1.56. The molecule has 3 rings (SSSR count). The van der Waals surface area contributed by atoms with E-state index in [0.29, 0.717) is 45.1 Å². The van der Waals surface area contributed by atoms with Crippen molar-refractivity contribution in [3.8, 4) is 5.75 Å². The number of ether oxygens (including phenoxy) is 3. The van der Waals surface area contributed by atoms with Gasteiger partial charge in [-0.1, -0.05) is 19.1 Å². The molecule has 2 saturated heterocycles. The van der Waals surface area contributed by atoms with Gasteiger partial charge in [0.1, 0.15) is 23.4 Å². The molecular formula is C26H38N4O7. The summed E-state index contributed by atoms with van der Waals surface area (Å²) in [4.78, 5) is 53.4. The number of carbonyl (C=O) groups excluding carboxylic acids is 4. The van der Waals surface area contributed by atoms with Gasteiger partial charge in [0.15, 0.2) is 5.78 Å². The first-order chi connectivity index (χ1) is 17.6. The summed E-state index contributed by atoms with van der Waals surface area (Å²) in [5.74, 6) is -0.794. The number of nitrogens with zero attached hydrogens (tertiary/aromatic N) is 1. The number of morpholine rings is 1. The first kappa shape index (κ1) is 28.5. The molecular weight excluding hydrogens is 480 g/mol. The van der Waals surface area contributed by atoms with E-state index in [-0.39, 0.29) is 24.7 Å². The monoisotopic (exact) mass is 518 g/mol. The molecule has 0 spiro atoms. The number of rotatable bonds is 13. The van der Waals surface area contributed by atoms with Crippen molar-refractivity contribution in [2.45, 2.75) is 57.3 Å². The maximum atomic E-state index is 13.3. The Labute approximate surface area is 217 Å². The van der Waals surface area contributed by atoms with E-state index in [1.165, 1.54) is 0 Å². The van der Waals surface area contributed by atoms with Gasteiger partial charge in [0.25, 0.3) is 0 Å². The minimum Gasteiger partial charge on any atom is -0.497 e. The summed E-state index contributed by atoms with van der Waals surface area (Å²) in [6, 6.07) is 4.59. The molecule has 3 N–H and O–H groups in total. The van der Waals surface area contributed by atoms with E-state index < -0.39 is 35.5 Å². The predicted octanol–water partition coefficient (Wildman–Crippen LogP) is -0.188. The van der Waals surface area contributed by atoms with E-state index in [9.17, 15) is 19.2 Å². The van der Waals surface area contributed by atoms with Gasteiger partial charge in [0.2, 0.25) is 17.7 Å². The van der Waals surface area contributed by atoms with Crippen molar-refractivity contribution in [2.24, 2.45) is 0 Å². The summed E-state index contributed by atoms with van der Waals surface area (Å²) >= 11 is 0. The lowest BCUT2D eigenvalue weighted by molar-refractivity contribution is -0.134. The van der Waals surface area contributed by atoms with Crippen LogP contribution in [-0.2, 0) is 35.1 Å². The molecule has 37 heavy (non-hydrogen) atoms. The van der Waals surface area contributed by atoms with Crippen LogP contribution in [0.3, 0.4) is 0 Å². The third kappa shape index (κ3) is 8.24. The summed E-state index contributed by atoms with van der Waals surface area (Å²) in [6.45, 7) is 8.00. The van der Waals surface area contributed by atoms with Crippen LogP contribution in [0.5, 0.6) is 5.75 Å². The summed E-state index contributed by atoms with van der Waals surface area (Å²) < 4.78 is 15.7. The number of amides is 3. The molecule has 0 unspecified atom stereocenters. The van der Waals surface area contributed by atoms with Crippen molar-refractivity contribution in [1.29, 1.82) is 0 Å². The zero-order chi connectivity index (χ0) is 27.0. The molecule has 4 atom stereocenters. The molecule has 2 aliphatic heterocycles. The number of hydrogen-bond acceptors (Lipinski definition) is 8. The number of hydrogen-bond donors (Lipinski definition) is 3. The van der Waals surface area contributed by atoms with E-state index in [0.717, 1.165) is 5.56 Å². The highest BCUT2D eigenvalue weighted by atomic mass is 16.6. The third-order valence-electron chi connectivity index (χ3n) is 6.61. The Morgan fingerprint density at radius 2 is 1.65 bits per heavy atom. The number of ketones is 1. The highest BCUT2D eigenvalue weighted by Gasteiger charge is 2.49. The van der Waals surface area contributed by atoms with Gasteiger partial charge in [-0.3, -0.25) is 24.1 Å². The standard InChI is InChI=1S/C26H38N4O7/c1-5-20(23(32)26(3)16-37-26)28-25(34)21(14-18-6-8-19(35-4)9-7-18)29-24(33)17(2)27-22(31)15-30-10-12-36-13-11-30/h6-9,17,20-21H,5,10-16H2,1-4H3,(H,27,31)(H,28,34)(H,29,33)/t17-,20-,21-,26+/m0/s1. The molecule has 2 fully saturated rings. The highest BCUT2D eigenvalue weighted by molar-refractivity contribution is 5.98. The van der Waals surface area contributed by atoms with Crippen LogP contribution in [0.15, 0.2) is 24.3 Å². The number of methoxy groups -OCH3 is 1. The van der Waals surface area contributed by atoms with Crippen molar-refractivity contribution in [2.75, 3.05) is 46.6 Å². The Hall–Kier alpha value is -3.02. The second-order valence-corrected chi connectivity index (χ2v) is 9.64.